The third-order valence-corrected chi connectivity index (χ3v) is 4.71. The van der Waals surface area contributed by atoms with Crippen molar-refractivity contribution in [3.63, 3.8) is 0 Å². The molecule has 0 bridgehead atoms. The van der Waals surface area contributed by atoms with Gasteiger partial charge in [-0.1, -0.05) is 0 Å². The topological polar surface area (TPSA) is 45.2 Å². The number of rotatable bonds is 2. The smallest absolute Gasteiger partial charge is 0.225 e. The average molecular weight is 295 g/mol. The fourth-order valence-electron chi connectivity index (χ4n) is 2.43. The number of nitrogens with one attached hydrogen (secondary N) is 1. The molecule has 1 saturated heterocycles. The predicted octanol–water partition coefficient (Wildman–Crippen LogP) is 2.89. The van der Waals surface area contributed by atoms with Crippen molar-refractivity contribution in [2.45, 2.75) is 53.0 Å². The second kappa shape index (κ2) is 5.72. The van der Waals surface area contributed by atoms with Gasteiger partial charge in [0.25, 0.3) is 0 Å². The maximum absolute atomic E-state index is 12.3. The Morgan fingerprint density at radius 3 is 2.65 bits per heavy atom. The van der Waals surface area contributed by atoms with Crippen LogP contribution in [0.4, 0.5) is 5.13 Å². The monoisotopic (exact) mass is 295 g/mol. The van der Waals surface area contributed by atoms with E-state index in [0.717, 1.165) is 36.8 Å². The second-order valence-corrected chi connectivity index (χ2v) is 7.84. The maximum atomic E-state index is 12.3. The van der Waals surface area contributed by atoms with Crippen molar-refractivity contribution in [1.29, 1.82) is 0 Å². The van der Waals surface area contributed by atoms with Gasteiger partial charge >= 0.3 is 0 Å². The Bertz CT molecular complexity index is 470. The van der Waals surface area contributed by atoms with Crippen molar-refractivity contribution in [2.75, 3.05) is 18.0 Å². The molecular formula is C15H25N3OS. The van der Waals surface area contributed by atoms with Crippen LogP contribution in [-0.4, -0.2) is 29.5 Å². The average Bonchev–Trinajstić information content (AvgIpc) is 2.68. The highest BCUT2D eigenvalue weighted by Crippen LogP contribution is 2.29. The highest BCUT2D eigenvalue weighted by molar-refractivity contribution is 7.15. The zero-order chi connectivity index (χ0) is 14.9. The lowest BCUT2D eigenvalue weighted by Gasteiger charge is -2.33. The van der Waals surface area contributed by atoms with Crippen LogP contribution in [0.25, 0.3) is 0 Å². The number of anilines is 1. The first-order chi connectivity index (χ1) is 9.26. The molecule has 2 heterocycles. The summed E-state index contributed by atoms with van der Waals surface area (Å²) >= 11 is 1.73. The Balaban J connectivity index is 2.03. The highest BCUT2D eigenvalue weighted by Gasteiger charge is 2.29. The van der Waals surface area contributed by atoms with Crippen LogP contribution < -0.4 is 10.2 Å². The van der Waals surface area contributed by atoms with Crippen molar-refractivity contribution < 1.29 is 4.79 Å². The van der Waals surface area contributed by atoms with E-state index in [9.17, 15) is 4.79 Å². The molecule has 1 amide bonds. The summed E-state index contributed by atoms with van der Waals surface area (Å²) in [6, 6.07) is 0. The molecule has 0 aromatic carbocycles. The summed E-state index contributed by atoms with van der Waals surface area (Å²) in [7, 11) is 0. The Morgan fingerprint density at radius 2 is 2.10 bits per heavy atom. The molecule has 0 radical (unpaired) electrons. The number of aromatic nitrogens is 1. The molecule has 0 aliphatic carbocycles. The number of amides is 1. The minimum Gasteiger partial charge on any atom is -0.351 e. The van der Waals surface area contributed by atoms with Crippen molar-refractivity contribution >= 4 is 22.4 Å². The number of hydrogen-bond donors (Lipinski definition) is 1. The minimum absolute atomic E-state index is 0.0764. The van der Waals surface area contributed by atoms with Gasteiger partial charge in [0.05, 0.1) is 11.6 Å². The molecule has 1 fully saturated rings. The predicted molar refractivity (Wildman–Crippen MR) is 84.4 cm³/mol. The van der Waals surface area contributed by atoms with E-state index < -0.39 is 0 Å². The summed E-state index contributed by atoms with van der Waals surface area (Å²) < 4.78 is 0. The summed E-state index contributed by atoms with van der Waals surface area (Å²) in [5, 5.41) is 4.16. The van der Waals surface area contributed by atoms with Gasteiger partial charge in [-0.05, 0) is 47.5 Å². The van der Waals surface area contributed by atoms with Crippen LogP contribution in [0.5, 0.6) is 0 Å². The SMILES string of the molecule is Cc1nc(N2CCCC(C(=O)NC(C)(C)C)C2)sc1C. The normalized spacial score (nSPS) is 20.1. The van der Waals surface area contributed by atoms with Gasteiger partial charge in [0.1, 0.15) is 0 Å². The number of carbonyl (C=O) groups is 1. The molecule has 5 heteroatoms. The van der Waals surface area contributed by atoms with E-state index >= 15 is 0 Å². The van der Waals surface area contributed by atoms with Crippen LogP contribution in [0, 0.1) is 19.8 Å². The van der Waals surface area contributed by atoms with Gasteiger partial charge in [-0.25, -0.2) is 4.98 Å². The number of aryl methyl sites for hydroxylation is 2. The van der Waals surface area contributed by atoms with Gasteiger partial charge in [-0.2, -0.15) is 0 Å². The van der Waals surface area contributed by atoms with Gasteiger partial charge in [0.2, 0.25) is 5.91 Å². The number of thiazole rings is 1. The molecule has 4 nitrogen and oxygen atoms in total. The molecule has 1 unspecified atom stereocenters. The summed E-state index contributed by atoms with van der Waals surface area (Å²) in [6.07, 6.45) is 2.03. The quantitative estimate of drug-likeness (QED) is 0.912. The Hall–Kier alpha value is -1.10. The molecule has 20 heavy (non-hydrogen) atoms. The first kappa shape index (κ1) is 15.3. The third kappa shape index (κ3) is 3.72. The van der Waals surface area contributed by atoms with E-state index in [0.29, 0.717) is 0 Å². The zero-order valence-corrected chi connectivity index (χ0v) is 13.9. The first-order valence-electron chi connectivity index (χ1n) is 7.27. The van der Waals surface area contributed by atoms with E-state index in [1.807, 2.05) is 27.7 Å². The Morgan fingerprint density at radius 1 is 1.40 bits per heavy atom. The standard InChI is InChI=1S/C15H25N3OS/c1-10-11(2)20-14(16-10)18-8-6-7-12(9-18)13(19)17-15(3,4)5/h12H,6-9H2,1-5H3,(H,17,19). The van der Waals surface area contributed by atoms with Crippen molar-refractivity contribution in [3.8, 4) is 0 Å². The Labute approximate surface area is 125 Å². The number of hydrogen-bond acceptors (Lipinski definition) is 4. The minimum atomic E-state index is -0.159. The molecule has 1 atom stereocenters. The molecule has 1 N–H and O–H groups in total. The fourth-order valence-corrected chi connectivity index (χ4v) is 3.37. The van der Waals surface area contributed by atoms with Crippen LogP contribution >= 0.6 is 11.3 Å². The van der Waals surface area contributed by atoms with Crippen LogP contribution in [0.15, 0.2) is 0 Å². The number of piperidine rings is 1. The lowest BCUT2D eigenvalue weighted by atomic mass is 9.96. The maximum Gasteiger partial charge on any atom is 0.225 e. The molecule has 2 rings (SSSR count). The highest BCUT2D eigenvalue weighted by atomic mass is 32.1. The van der Waals surface area contributed by atoms with Gasteiger partial charge < -0.3 is 10.2 Å². The number of carbonyl (C=O) groups excluding carboxylic acids is 1. The second-order valence-electron chi connectivity index (χ2n) is 6.66. The van der Waals surface area contributed by atoms with Crippen LogP contribution in [0.1, 0.15) is 44.2 Å². The summed E-state index contributed by atoms with van der Waals surface area (Å²) in [5.74, 6) is 0.250. The summed E-state index contributed by atoms with van der Waals surface area (Å²) in [6.45, 7) is 12.0. The molecule has 1 aliphatic heterocycles. The van der Waals surface area contributed by atoms with E-state index in [2.05, 4.69) is 22.1 Å². The van der Waals surface area contributed by atoms with Gasteiger partial charge in [-0.3, -0.25) is 4.79 Å². The van der Waals surface area contributed by atoms with Crippen molar-refractivity contribution in [1.82, 2.24) is 10.3 Å². The Kier molecular flexibility index (Phi) is 4.37. The lowest BCUT2D eigenvalue weighted by Crippen LogP contribution is -2.48. The van der Waals surface area contributed by atoms with E-state index in [1.165, 1.54) is 4.88 Å². The van der Waals surface area contributed by atoms with Gasteiger partial charge in [0, 0.05) is 23.5 Å². The van der Waals surface area contributed by atoms with Crippen LogP contribution in [-0.2, 0) is 4.79 Å². The van der Waals surface area contributed by atoms with Crippen LogP contribution in [0.2, 0.25) is 0 Å². The van der Waals surface area contributed by atoms with E-state index in [-0.39, 0.29) is 17.4 Å². The fraction of sp³-hybridized carbons (Fsp3) is 0.733. The van der Waals surface area contributed by atoms with Gasteiger partial charge in [0.15, 0.2) is 5.13 Å². The van der Waals surface area contributed by atoms with E-state index in [1.54, 1.807) is 11.3 Å². The zero-order valence-electron chi connectivity index (χ0n) is 13.1. The lowest BCUT2D eigenvalue weighted by molar-refractivity contribution is -0.126. The molecule has 1 aliphatic rings. The van der Waals surface area contributed by atoms with E-state index in [4.69, 9.17) is 0 Å². The van der Waals surface area contributed by atoms with Gasteiger partial charge in [-0.15, -0.1) is 11.3 Å². The summed E-state index contributed by atoms with van der Waals surface area (Å²) in [5.41, 5.74) is 0.944. The molecule has 0 saturated carbocycles. The molecule has 0 spiro atoms. The first-order valence-corrected chi connectivity index (χ1v) is 8.09. The molecule has 1 aromatic heterocycles. The van der Waals surface area contributed by atoms with Crippen LogP contribution in [0.3, 0.4) is 0 Å². The number of nitrogens with zero attached hydrogens (tertiary/aromatic N) is 2. The van der Waals surface area contributed by atoms with Crippen molar-refractivity contribution in [3.05, 3.63) is 10.6 Å². The van der Waals surface area contributed by atoms with Crippen molar-refractivity contribution in [2.24, 2.45) is 5.92 Å². The third-order valence-electron chi connectivity index (χ3n) is 3.58. The molecule has 1 aromatic rings. The largest absolute Gasteiger partial charge is 0.351 e. The molecule has 112 valence electrons. The molecular weight excluding hydrogens is 270 g/mol. The summed E-state index contributed by atoms with van der Waals surface area (Å²) in [4.78, 5) is 20.5.